The summed E-state index contributed by atoms with van der Waals surface area (Å²) in [5.74, 6) is 0. The van der Waals surface area contributed by atoms with Gasteiger partial charge in [-0.2, -0.15) is 0 Å². The number of hydrogen-bond donors (Lipinski definition) is 1. The molecular formula is C15H29NS. The van der Waals surface area contributed by atoms with Gasteiger partial charge in [-0.05, 0) is 58.9 Å². The van der Waals surface area contributed by atoms with Crippen molar-refractivity contribution < 1.29 is 0 Å². The van der Waals surface area contributed by atoms with Crippen LogP contribution in [0.25, 0.3) is 0 Å². The summed E-state index contributed by atoms with van der Waals surface area (Å²) in [6.07, 6.45) is 8.18. The topological polar surface area (TPSA) is 12.0 Å². The van der Waals surface area contributed by atoms with Crippen LogP contribution in [0.1, 0.15) is 53.9 Å². The Labute approximate surface area is 112 Å². The van der Waals surface area contributed by atoms with Crippen molar-refractivity contribution in [1.29, 1.82) is 0 Å². The summed E-state index contributed by atoms with van der Waals surface area (Å²) in [5.41, 5.74) is 1.50. The van der Waals surface area contributed by atoms with E-state index in [0.29, 0.717) is 11.3 Å². The molecule has 0 saturated carbocycles. The highest BCUT2D eigenvalue weighted by atomic mass is 32.2. The largest absolute Gasteiger partial charge is 0.316 e. The quantitative estimate of drug-likeness (QED) is 0.628. The van der Waals surface area contributed by atoms with Gasteiger partial charge in [-0.15, -0.1) is 11.8 Å². The van der Waals surface area contributed by atoms with E-state index in [4.69, 9.17) is 0 Å². The Bertz CT molecular complexity index is 256. The van der Waals surface area contributed by atoms with Crippen LogP contribution >= 0.6 is 11.8 Å². The molecule has 0 spiro atoms. The van der Waals surface area contributed by atoms with Crippen molar-refractivity contribution in [2.45, 2.75) is 65.2 Å². The first-order valence-electron chi connectivity index (χ1n) is 6.63. The first-order chi connectivity index (χ1) is 8.04. The first kappa shape index (κ1) is 16.8. The zero-order valence-corrected chi connectivity index (χ0v) is 13.2. The SMILES string of the molecule is C/C=C(/C)SC(C)C(CCC/C(C)=C/C)NC. The summed E-state index contributed by atoms with van der Waals surface area (Å²) < 4.78 is 0. The third kappa shape index (κ3) is 7.67. The number of rotatable bonds is 8. The summed E-state index contributed by atoms with van der Waals surface area (Å²) >= 11 is 1.98. The third-order valence-electron chi connectivity index (χ3n) is 3.29. The van der Waals surface area contributed by atoms with Crippen molar-refractivity contribution in [3.05, 3.63) is 22.6 Å². The third-order valence-corrected chi connectivity index (χ3v) is 4.60. The monoisotopic (exact) mass is 255 g/mol. The van der Waals surface area contributed by atoms with Crippen molar-refractivity contribution in [3.63, 3.8) is 0 Å². The highest BCUT2D eigenvalue weighted by Crippen LogP contribution is 2.25. The van der Waals surface area contributed by atoms with E-state index in [-0.39, 0.29) is 0 Å². The molecule has 0 radical (unpaired) electrons. The Balaban J connectivity index is 4.05. The fourth-order valence-electron chi connectivity index (χ4n) is 1.80. The maximum absolute atomic E-state index is 3.46. The molecular weight excluding hydrogens is 226 g/mol. The molecule has 0 aliphatic heterocycles. The summed E-state index contributed by atoms with van der Waals surface area (Å²) in [6.45, 7) is 11.0. The lowest BCUT2D eigenvalue weighted by molar-refractivity contribution is 0.501. The molecule has 0 rings (SSSR count). The van der Waals surface area contributed by atoms with Gasteiger partial charge in [0.25, 0.3) is 0 Å². The lowest BCUT2D eigenvalue weighted by Crippen LogP contribution is -2.33. The van der Waals surface area contributed by atoms with Crippen LogP contribution in [0.15, 0.2) is 22.6 Å². The molecule has 2 heteroatoms. The minimum Gasteiger partial charge on any atom is -0.316 e. The molecule has 100 valence electrons. The second-order valence-electron chi connectivity index (χ2n) is 4.64. The molecule has 0 aliphatic carbocycles. The molecule has 0 heterocycles. The van der Waals surface area contributed by atoms with E-state index in [9.17, 15) is 0 Å². The zero-order valence-electron chi connectivity index (χ0n) is 12.3. The van der Waals surface area contributed by atoms with Gasteiger partial charge in [0.1, 0.15) is 0 Å². The van der Waals surface area contributed by atoms with Crippen LogP contribution in [0.2, 0.25) is 0 Å². The Morgan fingerprint density at radius 1 is 1.24 bits per heavy atom. The van der Waals surface area contributed by atoms with E-state index in [2.05, 4.69) is 59.1 Å². The van der Waals surface area contributed by atoms with E-state index in [0.717, 1.165) is 0 Å². The number of allylic oxidation sites excluding steroid dienone is 4. The smallest absolute Gasteiger partial charge is 0.0216 e. The van der Waals surface area contributed by atoms with Crippen LogP contribution in [0.4, 0.5) is 0 Å². The van der Waals surface area contributed by atoms with Gasteiger partial charge in [0, 0.05) is 11.3 Å². The number of hydrogen-bond acceptors (Lipinski definition) is 2. The van der Waals surface area contributed by atoms with Crippen molar-refractivity contribution in [2.24, 2.45) is 0 Å². The molecule has 0 bridgehead atoms. The predicted octanol–water partition coefficient (Wildman–Crippen LogP) is 4.76. The molecule has 0 saturated heterocycles. The van der Waals surface area contributed by atoms with Crippen LogP contribution in [0, 0.1) is 0 Å². The molecule has 1 nitrogen and oxygen atoms in total. The van der Waals surface area contributed by atoms with Crippen LogP contribution in [-0.4, -0.2) is 18.3 Å². The van der Waals surface area contributed by atoms with Crippen molar-refractivity contribution in [3.8, 4) is 0 Å². The molecule has 0 aromatic carbocycles. The van der Waals surface area contributed by atoms with Crippen molar-refractivity contribution in [1.82, 2.24) is 5.32 Å². The minimum atomic E-state index is 0.611. The Morgan fingerprint density at radius 3 is 2.35 bits per heavy atom. The molecule has 1 N–H and O–H groups in total. The predicted molar refractivity (Wildman–Crippen MR) is 82.6 cm³/mol. The maximum atomic E-state index is 3.46. The van der Waals surface area contributed by atoms with Gasteiger partial charge in [-0.25, -0.2) is 0 Å². The van der Waals surface area contributed by atoms with Crippen molar-refractivity contribution in [2.75, 3.05) is 7.05 Å². The van der Waals surface area contributed by atoms with Gasteiger partial charge in [-0.1, -0.05) is 24.6 Å². The van der Waals surface area contributed by atoms with Gasteiger partial charge in [0.05, 0.1) is 0 Å². The van der Waals surface area contributed by atoms with Crippen LogP contribution in [-0.2, 0) is 0 Å². The fourth-order valence-corrected chi connectivity index (χ4v) is 2.96. The average molecular weight is 255 g/mol. The van der Waals surface area contributed by atoms with Gasteiger partial charge < -0.3 is 5.32 Å². The van der Waals surface area contributed by atoms with Crippen molar-refractivity contribution >= 4 is 11.8 Å². The zero-order chi connectivity index (χ0) is 13.3. The average Bonchev–Trinajstić information content (AvgIpc) is 2.33. The minimum absolute atomic E-state index is 0.611. The maximum Gasteiger partial charge on any atom is 0.0216 e. The summed E-state index contributed by atoms with van der Waals surface area (Å²) in [5, 5.41) is 4.10. The van der Waals surface area contributed by atoms with Gasteiger partial charge in [-0.3, -0.25) is 0 Å². The van der Waals surface area contributed by atoms with Crippen LogP contribution in [0.3, 0.4) is 0 Å². The van der Waals surface area contributed by atoms with Gasteiger partial charge >= 0.3 is 0 Å². The summed E-state index contributed by atoms with van der Waals surface area (Å²) in [6, 6.07) is 0.611. The van der Waals surface area contributed by atoms with Gasteiger partial charge in [0.2, 0.25) is 0 Å². The van der Waals surface area contributed by atoms with Crippen LogP contribution < -0.4 is 5.32 Å². The molecule has 0 fully saturated rings. The second-order valence-corrected chi connectivity index (χ2v) is 6.27. The molecule has 0 aromatic heterocycles. The number of thioether (sulfide) groups is 1. The molecule has 0 aliphatic rings. The first-order valence-corrected chi connectivity index (χ1v) is 7.51. The Morgan fingerprint density at radius 2 is 1.88 bits per heavy atom. The fraction of sp³-hybridized carbons (Fsp3) is 0.733. The van der Waals surface area contributed by atoms with E-state index in [1.165, 1.54) is 29.7 Å². The second kappa shape index (κ2) is 9.78. The normalized spacial score (nSPS) is 17.1. The summed E-state index contributed by atoms with van der Waals surface area (Å²) in [4.78, 5) is 1.42. The standard InChI is InChI=1S/C15H29NS/c1-7-12(3)10-9-11-15(16-6)14(5)17-13(4)8-2/h7-8,14-16H,9-11H2,1-6H3/b12-7+,13-8-. The van der Waals surface area contributed by atoms with E-state index in [1.54, 1.807) is 0 Å². The lowest BCUT2D eigenvalue weighted by Gasteiger charge is -2.23. The molecule has 0 amide bonds. The van der Waals surface area contributed by atoms with E-state index in [1.807, 2.05) is 11.8 Å². The highest BCUT2D eigenvalue weighted by molar-refractivity contribution is 8.03. The Kier molecular flexibility index (Phi) is 9.66. The van der Waals surface area contributed by atoms with Crippen LogP contribution in [0.5, 0.6) is 0 Å². The lowest BCUT2D eigenvalue weighted by atomic mass is 10.0. The van der Waals surface area contributed by atoms with Gasteiger partial charge in [0.15, 0.2) is 0 Å². The summed E-state index contributed by atoms with van der Waals surface area (Å²) in [7, 11) is 2.08. The highest BCUT2D eigenvalue weighted by Gasteiger charge is 2.15. The molecule has 2 atom stereocenters. The molecule has 17 heavy (non-hydrogen) atoms. The molecule has 2 unspecified atom stereocenters. The Hall–Kier alpha value is -0.210. The van der Waals surface area contributed by atoms with E-state index >= 15 is 0 Å². The van der Waals surface area contributed by atoms with E-state index < -0.39 is 0 Å². The molecule has 0 aromatic rings. The number of nitrogens with one attached hydrogen (secondary N) is 1.